The first-order chi connectivity index (χ1) is 13.2. The number of nitrogens with one attached hydrogen (secondary N) is 1. The number of hydrogen-bond acceptors (Lipinski definition) is 5. The molecule has 0 spiro atoms. The molecule has 0 aliphatic carbocycles. The van der Waals surface area contributed by atoms with Crippen LogP contribution in [0.15, 0.2) is 18.2 Å². The highest BCUT2D eigenvalue weighted by Crippen LogP contribution is 2.32. The third-order valence-electron chi connectivity index (χ3n) is 5.25. The molecular formula is C20H32N4O3. The number of hydrogen-bond donors (Lipinski definition) is 1. The first kappa shape index (κ1) is 19.8. The SMILES string of the molecule is CCN(Cc1ccc2c(c1)OCO2)C(=O)NCCCCN1CCN(C)CC1. The predicted octanol–water partition coefficient (Wildman–Crippen LogP) is 1.97. The van der Waals surface area contributed by atoms with Gasteiger partial charge in [0.15, 0.2) is 11.5 Å². The lowest BCUT2D eigenvalue weighted by atomic mass is 10.2. The smallest absolute Gasteiger partial charge is 0.317 e. The van der Waals surface area contributed by atoms with E-state index in [1.54, 1.807) is 0 Å². The minimum atomic E-state index is -0.00485. The standard InChI is InChI=1S/C20H32N4O3/c1-3-24(15-17-6-7-18-19(14-17)27-16-26-18)20(25)21-8-4-5-9-23-12-10-22(2)11-13-23/h6-7,14H,3-5,8-13,15-16H2,1-2H3,(H,21,25). The van der Waals surface area contributed by atoms with Crippen molar-refractivity contribution < 1.29 is 14.3 Å². The third kappa shape index (κ3) is 5.74. The van der Waals surface area contributed by atoms with Gasteiger partial charge in [0.25, 0.3) is 0 Å². The first-order valence-electron chi connectivity index (χ1n) is 9.98. The summed E-state index contributed by atoms with van der Waals surface area (Å²) in [5.41, 5.74) is 1.05. The molecular weight excluding hydrogens is 344 g/mol. The van der Waals surface area contributed by atoms with Crippen molar-refractivity contribution in [1.29, 1.82) is 0 Å². The summed E-state index contributed by atoms with van der Waals surface area (Å²) in [4.78, 5) is 19.2. The Hall–Kier alpha value is -1.99. The topological polar surface area (TPSA) is 57.3 Å². The van der Waals surface area contributed by atoms with Gasteiger partial charge in [-0.15, -0.1) is 0 Å². The zero-order valence-electron chi connectivity index (χ0n) is 16.6. The number of amides is 2. The largest absolute Gasteiger partial charge is 0.454 e. The Morgan fingerprint density at radius 2 is 1.93 bits per heavy atom. The molecule has 0 saturated carbocycles. The summed E-state index contributed by atoms with van der Waals surface area (Å²) in [5.74, 6) is 1.53. The van der Waals surface area contributed by atoms with Crippen LogP contribution in [-0.4, -0.2) is 80.4 Å². The van der Waals surface area contributed by atoms with Crippen LogP contribution in [0, 0.1) is 0 Å². The molecule has 1 saturated heterocycles. The van der Waals surface area contributed by atoms with Gasteiger partial charge in [-0.25, -0.2) is 4.79 Å². The van der Waals surface area contributed by atoms with Gasteiger partial charge in [0, 0.05) is 45.8 Å². The number of nitrogens with zero attached hydrogens (tertiary/aromatic N) is 3. The second-order valence-corrected chi connectivity index (χ2v) is 7.29. The Balaban J connectivity index is 1.35. The van der Waals surface area contributed by atoms with Gasteiger partial charge in [-0.3, -0.25) is 0 Å². The summed E-state index contributed by atoms with van der Waals surface area (Å²) in [5, 5.41) is 3.06. The van der Waals surface area contributed by atoms with Gasteiger partial charge in [0.1, 0.15) is 0 Å². The molecule has 7 heteroatoms. The quantitative estimate of drug-likeness (QED) is 0.703. The summed E-state index contributed by atoms with van der Waals surface area (Å²) < 4.78 is 10.8. The van der Waals surface area contributed by atoms with Crippen LogP contribution in [0.1, 0.15) is 25.3 Å². The van der Waals surface area contributed by atoms with Crippen LogP contribution in [0.25, 0.3) is 0 Å². The number of rotatable bonds is 8. The Kier molecular flexibility index (Phi) is 7.18. The lowest BCUT2D eigenvalue weighted by Gasteiger charge is -2.32. The maximum Gasteiger partial charge on any atom is 0.317 e. The molecule has 2 aliphatic heterocycles. The molecule has 3 rings (SSSR count). The van der Waals surface area contributed by atoms with Crippen molar-refractivity contribution in [3.05, 3.63) is 23.8 Å². The fourth-order valence-corrected chi connectivity index (χ4v) is 3.43. The van der Waals surface area contributed by atoms with E-state index in [-0.39, 0.29) is 12.8 Å². The maximum absolute atomic E-state index is 12.5. The molecule has 0 atom stereocenters. The van der Waals surface area contributed by atoms with Crippen LogP contribution in [0.4, 0.5) is 4.79 Å². The number of benzene rings is 1. The summed E-state index contributed by atoms with van der Waals surface area (Å²) in [6, 6.07) is 5.84. The van der Waals surface area contributed by atoms with Crippen molar-refractivity contribution >= 4 is 6.03 Å². The highest BCUT2D eigenvalue weighted by Gasteiger charge is 2.17. The maximum atomic E-state index is 12.5. The molecule has 0 unspecified atom stereocenters. The number of fused-ring (bicyclic) bond motifs is 1. The molecule has 150 valence electrons. The van der Waals surface area contributed by atoms with Gasteiger partial charge < -0.3 is 29.5 Å². The Bertz CT molecular complexity index is 617. The lowest BCUT2D eigenvalue weighted by Crippen LogP contribution is -2.44. The van der Waals surface area contributed by atoms with E-state index in [9.17, 15) is 4.79 Å². The van der Waals surface area contributed by atoms with Crippen molar-refractivity contribution in [1.82, 2.24) is 20.0 Å². The summed E-state index contributed by atoms with van der Waals surface area (Å²) >= 11 is 0. The second-order valence-electron chi connectivity index (χ2n) is 7.29. The Morgan fingerprint density at radius 3 is 2.70 bits per heavy atom. The Morgan fingerprint density at radius 1 is 1.15 bits per heavy atom. The summed E-state index contributed by atoms with van der Waals surface area (Å²) in [7, 11) is 2.18. The molecule has 0 bridgehead atoms. The number of unbranched alkanes of at least 4 members (excludes halogenated alkanes) is 1. The highest BCUT2D eigenvalue weighted by molar-refractivity contribution is 5.74. The average molecular weight is 377 g/mol. The third-order valence-corrected chi connectivity index (χ3v) is 5.25. The number of carbonyl (C=O) groups is 1. The van der Waals surface area contributed by atoms with Crippen molar-refractivity contribution in [3.8, 4) is 11.5 Å². The van der Waals surface area contributed by atoms with Crippen LogP contribution in [0.2, 0.25) is 0 Å². The molecule has 2 heterocycles. The number of urea groups is 1. The molecule has 0 aromatic heterocycles. The predicted molar refractivity (Wildman–Crippen MR) is 105 cm³/mol. The highest BCUT2D eigenvalue weighted by atomic mass is 16.7. The van der Waals surface area contributed by atoms with Crippen molar-refractivity contribution in [3.63, 3.8) is 0 Å². The number of carbonyl (C=O) groups excluding carboxylic acids is 1. The van der Waals surface area contributed by atoms with Crippen molar-refractivity contribution in [2.75, 3.05) is 59.7 Å². The number of likely N-dealkylation sites (N-methyl/N-ethyl adjacent to an activating group) is 1. The van der Waals surface area contributed by atoms with E-state index >= 15 is 0 Å². The zero-order valence-corrected chi connectivity index (χ0v) is 16.6. The van der Waals surface area contributed by atoms with Gasteiger partial charge in [0.05, 0.1) is 0 Å². The Labute approximate surface area is 162 Å². The number of piperazine rings is 1. The van der Waals surface area contributed by atoms with Gasteiger partial charge in [-0.1, -0.05) is 6.07 Å². The number of ether oxygens (including phenoxy) is 2. The van der Waals surface area contributed by atoms with E-state index in [2.05, 4.69) is 22.2 Å². The van der Waals surface area contributed by atoms with Crippen LogP contribution in [0.5, 0.6) is 11.5 Å². The van der Waals surface area contributed by atoms with Gasteiger partial charge in [0.2, 0.25) is 6.79 Å². The van der Waals surface area contributed by atoms with E-state index in [1.807, 2.05) is 30.0 Å². The minimum Gasteiger partial charge on any atom is -0.454 e. The summed E-state index contributed by atoms with van der Waals surface area (Å²) in [6.45, 7) is 9.98. The van der Waals surface area contributed by atoms with E-state index in [0.717, 1.165) is 69.2 Å². The first-order valence-corrected chi connectivity index (χ1v) is 9.98. The molecule has 1 fully saturated rings. The van der Waals surface area contributed by atoms with E-state index in [0.29, 0.717) is 13.1 Å². The molecule has 1 aromatic rings. The van der Waals surface area contributed by atoms with E-state index < -0.39 is 0 Å². The van der Waals surface area contributed by atoms with E-state index in [4.69, 9.17) is 9.47 Å². The fourth-order valence-electron chi connectivity index (χ4n) is 3.43. The fraction of sp³-hybridized carbons (Fsp3) is 0.650. The van der Waals surface area contributed by atoms with E-state index in [1.165, 1.54) is 0 Å². The van der Waals surface area contributed by atoms with Crippen LogP contribution >= 0.6 is 0 Å². The van der Waals surface area contributed by atoms with Gasteiger partial charge in [-0.05, 0) is 51.1 Å². The molecule has 2 amide bonds. The van der Waals surface area contributed by atoms with Crippen LogP contribution in [0.3, 0.4) is 0 Å². The lowest BCUT2D eigenvalue weighted by molar-refractivity contribution is 0.152. The van der Waals surface area contributed by atoms with Crippen molar-refractivity contribution in [2.45, 2.75) is 26.3 Å². The second kappa shape index (κ2) is 9.80. The van der Waals surface area contributed by atoms with Gasteiger partial charge >= 0.3 is 6.03 Å². The van der Waals surface area contributed by atoms with Crippen LogP contribution in [-0.2, 0) is 6.54 Å². The van der Waals surface area contributed by atoms with Gasteiger partial charge in [-0.2, -0.15) is 0 Å². The van der Waals surface area contributed by atoms with Crippen molar-refractivity contribution in [2.24, 2.45) is 0 Å². The average Bonchev–Trinajstić information content (AvgIpc) is 3.15. The molecule has 1 aromatic carbocycles. The van der Waals surface area contributed by atoms with Crippen LogP contribution < -0.4 is 14.8 Å². The molecule has 1 N–H and O–H groups in total. The molecule has 27 heavy (non-hydrogen) atoms. The normalized spacial score (nSPS) is 17.1. The minimum absolute atomic E-state index is 0.00485. The monoisotopic (exact) mass is 376 g/mol. The zero-order chi connectivity index (χ0) is 19.1. The summed E-state index contributed by atoms with van der Waals surface area (Å²) in [6.07, 6.45) is 2.14. The molecule has 7 nitrogen and oxygen atoms in total. The molecule has 2 aliphatic rings. The molecule has 0 radical (unpaired) electrons.